The summed E-state index contributed by atoms with van der Waals surface area (Å²) in [5.41, 5.74) is 2.09. The van der Waals surface area contributed by atoms with E-state index < -0.39 is 0 Å². The van der Waals surface area contributed by atoms with Crippen LogP contribution >= 0.6 is 0 Å². The van der Waals surface area contributed by atoms with Gasteiger partial charge >= 0.3 is 0 Å². The standard InChI is InChI=1S/C14H17NO/c1-10(2)15-14-6-5-12-7-11(9-16)3-4-13(12)8-14/h3-8,10,15-16H,9H2,1-2H3. The minimum absolute atomic E-state index is 0.0991. The van der Waals surface area contributed by atoms with Gasteiger partial charge in [-0.3, -0.25) is 0 Å². The van der Waals surface area contributed by atoms with Crippen molar-refractivity contribution in [3.63, 3.8) is 0 Å². The van der Waals surface area contributed by atoms with Crippen molar-refractivity contribution >= 4 is 16.5 Å². The van der Waals surface area contributed by atoms with E-state index in [0.717, 1.165) is 11.3 Å². The molecule has 0 atom stereocenters. The van der Waals surface area contributed by atoms with E-state index in [-0.39, 0.29) is 6.61 Å². The van der Waals surface area contributed by atoms with Gasteiger partial charge in [-0.05, 0) is 48.4 Å². The van der Waals surface area contributed by atoms with Crippen LogP contribution in [-0.4, -0.2) is 11.1 Å². The summed E-state index contributed by atoms with van der Waals surface area (Å²) < 4.78 is 0. The van der Waals surface area contributed by atoms with Gasteiger partial charge in [-0.15, -0.1) is 0 Å². The second-order valence-electron chi connectivity index (χ2n) is 4.35. The first-order valence-corrected chi connectivity index (χ1v) is 5.59. The number of fused-ring (bicyclic) bond motifs is 1. The monoisotopic (exact) mass is 215 g/mol. The summed E-state index contributed by atoms with van der Waals surface area (Å²) in [7, 11) is 0. The Morgan fingerprint density at radius 2 is 1.75 bits per heavy atom. The molecule has 0 unspecified atom stereocenters. The van der Waals surface area contributed by atoms with Crippen molar-refractivity contribution in [1.82, 2.24) is 0 Å². The molecular weight excluding hydrogens is 198 g/mol. The zero-order chi connectivity index (χ0) is 11.5. The molecule has 2 nitrogen and oxygen atoms in total. The van der Waals surface area contributed by atoms with Gasteiger partial charge in [0, 0.05) is 11.7 Å². The first-order chi connectivity index (χ1) is 7.69. The third-order valence-electron chi connectivity index (χ3n) is 2.54. The highest BCUT2D eigenvalue weighted by atomic mass is 16.3. The minimum atomic E-state index is 0.0991. The van der Waals surface area contributed by atoms with E-state index in [9.17, 15) is 0 Å². The predicted molar refractivity (Wildman–Crippen MR) is 68.6 cm³/mol. The number of rotatable bonds is 3. The molecule has 0 aliphatic rings. The molecule has 84 valence electrons. The van der Waals surface area contributed by atoms with Crippen LogP contribution in [0.25, 0.3) is 10.8 Å². The lowest BCUT2D eigenvalue weighted by molar-refractivity contribution is 0.282. The largest absolute Gasteiger partial charge is 0.392 e. The molecule has 0 amide bonds. The van der Waals surface area contributed by atoms with E-state index in [1.54, 1.807) is 0 Å². The predicted octanol–water partition coefficient (Wildman–Crippen LogP) is 3.15. The molecule has 0 aliphatic heterocycles. The molecular formula is C14H17NO. The Morgan fingerprint density at radius 1 is 1.06 bits per heavy atom. The van der Waals surface area contributed by atoms with Crippen LogP contribution in [-0.2, 0) is 6.61 Å². The quantitative estimate of drug-likeness (QED) is 0.824. The van der Waals surface area contributed by atoms with E-state index in [1.165, 1.54) is 10.8 Å². The summed E-state index contributed by atoms with van der Waals surface area (Å²) in [6.45, 7) is 4.35. The number of aliphatic hydroxyl groups is 1. The molecule has 0 aromatic heterocycles. The van der Waals surface area contributed by atoms with Gasteiger partial charge in [-0.2, -0.15) is 0 Å². The van der Waals surface area contributed by atoms with E-state index in [0.29, 0.717) is 6.04 Å². The van der Waals surface area contributed by atoms with Gasteiger partial charge in [0.15, 0.2) is 0 Å². The van der Waals surface area contributed by atoms with Crippen molar-refractivity contribution in [1.29, 1.82) is 0 Å². The van der Waals surface area contributed by atoms with Crippen molar-refractivity contribution in [2.75, 3.05) is 5.32 Å². The van der Waals surface area contributed by atoms with Crippen molar-refractivity contribution < 1.29 is 5.11 Å². The number of hydrogen-bond acceptors (Lipinski definition) is 2. The summed E-state index contributed by atoms with van der Waals surface area (Å²) in [4.78, 5) is 0. The number of aliphatic hydroxyl groups excluding tert-OH is 1. The highest BCUT2D eigenvalue weighted by molar-refractivity contribution is 5.86. The number of nitrogens with one attached hydrogen (secondary N) is 1. The van der Waals surface area contributed by atoms with Gasteiger partial charge in [0.2, 0.25) is 0 Å². The van der Waals surface area contributed by atoms with Crippen LogP contribution in [0.2, 0.25) is 0 Å². The SMILES string of the molecule is CC(C)Nc1ccc2cc(CO)ccc2c1. The Hall–Kier alpha value is -1.54. The summed E-state index contributed by atoms with van der Waals surface area (Å²) in [6, 6.07) is 12.8. The third-order valence-corrected chi connectivity index (χ3v) is 2.54. The Morgan fingerprint density at radius 3 is 2.44 bits per heavy atom. The van der Waals surface area contributed by atoms with E-state index in [1.807, 2.05) is 18.2 Å². The molecule has 16 heavy (non-hydrogen) atoms. The lowest BCUT2D eigenvalue weighted by Gasteiger charge is -2.11. The van der Waals surface area contributed by atoms with Crippen LogP contribution in [0.15, 0.2) is 36.4 Å². The molecule has 2 aromatic carbocycles. The lowest BCUT2D eigenvalue weighted by Crippen LogP contribution is -2.09. The molecule has 2 rings (SSSR count). The van der Waals surface area contributed by atoms with Crippen LogP contribution in [0.5, 0.6) is 0 Å². The first-order valence-electron chi connectivity index (χ1n) is 5.59. The molecule has 2 N–H and O–H groups in total. The van der Waals surface area contributed by atoms with Crippen LogP contribution in [0.4, 0.5) is 5.69 Å². The molecule has 0 aliphatic carbocycles. The molecule has 0 fully saturated rings. The number of hydrogen-bond donors (Lipinski definition) is 2. The fourth-order valence-corrected chi connectivity index (χ4v) is 1.82. The van der Waals surface area contributed by atoms with Gasteiger partial charge in [0.05, 0.1) is 6.61 Å². The minimum Gasteiger partial charge on any atom is -0.392 e. The summed E-state index contributed by atoms with van der Waals surface area (Å²) in [5, 5.41) is 14.8. The van der Waals surface area contributed by atoms with Crippen molar-refractivity contribution in [3.8, 4) is 0 Å². The molecule has 2 aromatic rings. The third kappa shape index (κ3) is 2.34. The van der Waals surface area contributed by atoms with Crippen LogP contribution in [0, 0.1) is 0 Å². The topological polar surface area (TPSA) is 32.3 Å². The normalized spacial score (nSPS) is 11.0. The van der Waals surface area contributed by atoms with Crippen LogP contribution in [0.3, 0.4) is 0 Å². The Bertz CT molecular complexity index is 491. The highest BCUT2D eigenvalue weighted by Crippen LogP contribution is 2.21. The molecule has 0 saturated heterocycles. The van der Waals surface area contributed by atoms with Crippen LogP contribution in [0.1, 0.15) is 19.4 Å². The fraction of sp³-hybridized carbons (Fsp3) is 0.286. The van der Waals surface area contributed by atoms with E-state index in [4.69, 9.17) is 5.11 Å². The molecule has 0 bridgehead atoms. The summed E-state index contributed by atoms with van der Waals surface area (Å²) in [5.74, 6) is 0. The van der Waals surface area contributed by atoms with Crippen LogP contribution < -0.4 is 5.32 Å². The Kier molecular flexibility index (Phi) is 3.11. The van der Waals surface area contributed by atoms with Crippen molar-refractivity contribution in [3.05, 3.63) is 42.0 Å². The first kappa shape index (κ1) is 11.0. The summed E-state index contributed by atoms with van der Waals surface area (Å²) in [6.07, 6.45) is 0. The fourth-order valence-electron chi connectivity index (χ4n) is 1.82. The maximum absolute atomic E-state index is 9.06. The maximum Gasteiger partial charge on any atom is 0.0682 e. The second-order valence-corrected chi connectivity index (χ2v) is 4.35. The second kappa shape index (κ2) is 4.54. The van der Waals surface area contributed by atoms with E-state index >= 15 is 0 Å². The Balaban J connectivity index is 2.39. The maximum atomic E-state index is 9.06. The highest BCUT2D eigenvalue weighted by Gasteiger charge is 1.99. The molecule has 0 saturated carbocycles. The van der Waals surface area contributed by atoms with Gasteiger partial charge in [-0.1, -0.05) is 18.2 Å². The molecule has 0 heterocycles. The molecule has 0 radical (unpaired) electrons. The average molecular weight is 215 g/mol. The van der Waals surface area contributed by atoms with Crippen molar-refractivity contribution in [2.45, 2.75) is 26.5 Å². The van der Waals surface area contributed by atoms with Crippen molar-refractivity contribution in [2.24, 2.45) is 0 Å². The zero-order valence-corrected chi connectivity index (χ0v) is 9.70. The average Bonchev–Trinajstić information content (AvgIpc) is 2.27. The Labute approximate surface area is 95.9 Å². The number of benzene rings is 2. The van der Waals surface area contributed by atoms with E-state index in [2.05, 4.69) is 37.4 Å². The van der Waals surface area contributed by atoms with Gasteiger partial charge in [0.1, 0.15) is 0 Å². The summed E-state index contributed by atoms with van der Waals surface area (Å²) >= 11 is 0. The lowest BCUT2D eigenvalue weighted by atomic mass is 10.1. The van der Waals surface area contributed by atoms with Gasteiger partial charge in [-0.25, -0.2) is 0 Å². The smallest absolute Gasteiger partial charge is 0.0682 e. The van der Waals surface area contributed by atoms with Gasteiger partial charge in [0.25, 0.3) is 0 Å². The molecule has 0 spiro atoms. The zero-order valence-electron chi connectivity index (χ0n) is 9.70. The molecule has 2 heteroatoms. The number of anilines is 1. The van der Waals surface area contributed by atoms with Gasteiger partial charge < -0.3 is 10.4 Å².